The Balaban J connectivity index is 1.75. The number of benzene rings is 3. The first-order valence-corrected chi connectivity index (χ1v) is 8.09. The van der Waals surface area contributed by atoms with Crippen molar-refractivity contribution in [2.75, 3.05) is 13.9 Å². The Labute approximate surface area is 150 Å². The lowest BCUT2D eigenvalue weighted by molar-refractivity contribution is 0.0511. The highest BCUT2D eigenvalue weighted by Gasteiger charge is 2.18. The van der Waals surface area contributed by atoms with E-state index in [1.807, 2.05) is 12.1 Å². The maximum Gasteiger partial charge on any atom is 0.188 e. The number of phenols is 1. The standard InChI is InChI=1S/C21H18O5/c1-25-13-26-16-9-6-15(7-10-16)19(22)12-20(23)18-11-8-14-4-2-3-5-17(14)21(18)24/h2-11,24H,12-13H2,1H3. The summed E-state index contributed by atoms with van der Waals surface area (Å²) in [6.07, 6.45) is -0.315. The van der Waals surface area contributed by atoms with Gasteiger partial charge in [0.05, 0.1) is 12.0 Å². The molecule has 1 N–H and O–H groups in total. The highest BCUT2D eigenvalue weighted by Crippen LogP contribution is 2.29. The lowest BCUT2D eigenvalue weighted by Gasteiger charge is -2.08. The molecule has 0 heterocycles. The van der Waals surface area contributed by atoms with Crippen LogP contribution in [0.15, 0.2) is 60.7 Å². The second-order valence-electron chi connectivity index (χ2n) is 5.78. The Kier molecular flexibility index (Phi) is 5.29. The Bertz CT molecular complexity index is 944. The summed E-state index contributed by atoms with van der Waals surface area (Å²) in [7, 11) is 1.52. The topological polar surface area (TPSA) is 72.8 Å². The molecule has 5 heteroatoms. The van der Waals surface area contributed by atoms with Crippen LogP contribution in [0.2, 0.25) is 0 Å². The van der Waals surface area contributed by atoms with Gasteiger partial charge in [-0.25, -0.2) is 0 Å². The van der Waals surface area contributed by atoms with Gasteiger partial charge in [0.2, 0.25) is 0 Å². The molecule has 0 fully saturated rings. The van der Waals surface area contributed by atoms with Gasteiger partial charge in [0.15, 0.2) is 18.4 Å². The number of carbonyl (C=O) groups excluding carboxylic acids is 2. The molecule has 0 aliphatic carbocycles. The summed E-state index contributed by atoms with van der Waals surface area (Å²) in [6.45, 7) is 0.118. The number of aromatic hydroxyl groups is 1. The molecule has 0 saturated heterocycles. The number of methoxy groups -OCH3 is 1. The minimum atomic E-state index is -0.419. The van der Waals surface area contributed by atoms with Gasteiger partial charge in [-0.1, -0.05) is 30.3 Å². The van der Waals surface area contributed by atoms with Crippen molar-refractivity contribution in [3.63, 3.8) is 0 Å². The zero-order chi connectivity index (χ0) is 18.5. The predicted octanol–water partition coefficient (Wildman–Crippen LogP) is 3.98. The van der Waals surface area contributed by atoms with E-state index >= 15 is 0 Å². The number of carbonyl (C=O) groups is 2. The number of hydrogen-bond acceptors (Lipinski definition) is 5. The average molecular weight is 350 g/mol. The number of ether oxygens (including phenoxy) is 2. The number of fused-ring (bicyclic) bond motifs is 1. The first-order valence-electron chi connectivity index (χ1n) is 8.09. The summed E-state index contributed by atoms with van der Waals surface area (Å²) >= 11 is 0. The molecular weight excluding hydrogens is 332 g/mol. The van der Waals surface area contributed by atoms with Crippen LogP contribution in [0.25, 0.3) is 10.8 Å². The van der Waals surface area contributed by atoms with Gasteiger partial charge in [0.25, 0.3) is 0 Å². The van der Waals surface area contributed by atoms with Crippen LogP contribution in [-0.2, 0) is 4.74 Å². The molecule has 0 saturated carbocycles. The fraction of sp³-hybridized carbons (Fsp3) is 0.143. The highest BCUT2D eigenvalue weighted by atomic mass is 16.7. The molecule has 3 aromatic carbocycles. The third kappa shape index (κ3) is 3.73. The maximum atomic E-state index is 12.5. The second kappa shape index (κ2) is 7.80. The average Bonchev–Trinajstić information content (AvgIpc) is 2.67. The van der Waals surface area contributed by atoms with E-state index < -0.39 is 5.78 Å². The molecule has 5 nitrogen and oxygen atoms in total. The van der Waals surface area contributed by atoms with E-state index in [4.69, 9.17) is 9.47 Å². The van der Waals surface area contributed by atoms with E-state index in [-0.39, 0.29) is 30.3 Å². The van der Waals surface area contributed by atoms with Crippen molar-refractivity contribution in [2.45, 2.75) is 6.42 Å². The zero-order valence-electron chi connectivity index (χ0n) is 14.3. The molecule has 0 atom stereocenters. The molecule has 0 unspecified atom stereocenters. The number of rotatable bonds is 7. The van der Waals surface area contributed by atoms with Gasteiger partial charge in [-0.05, 0) is 35.7 Å². The highest BCUT2D eigenvalue weighted by molar-refractivity contribution is 6.16. The summed E-state index contributed by atoms with van der Waals surface area (Å²) in [6, 6.07) is 17.0. The lowest BCUT2D eigenvalue weighted by atomic mass is 9.98. The minimum absolute atomic E-state index is 0.0933. The third-order valence-corrected chi connectivity index (χ3v) is 4.04. The van der Waals surface area contributed by atoms with E-state index in [0.717, 1.165) is 5.39 Å². The second-order valence-corrected chi connectivity index (χ2v) is 5.78. The molecule has 132 valence electrons. The van der Waals surface area contributed by atoms with Crippen molar-refractivity contribution in [1.82, 2.24) is 0 Å². The van der Waals surface area contributed by atoms with Gasteiger partial charge in [-0.3, -0.25) is 9.59 Å². The molecule has 0 spiro atoms. The van der Waals surface area contributed by atoms with E-state index in [0.29, 0.717) is 16.7 Å². The molecule has 26 heavy (non-hydrogen) atoms. The first-order chi connectivity index (χ1) is 12.6. The number of Topliss-reactive ketones (excluding diaryl/α,β-unsaturated/α-hetero) is 2. The quantitative estimate of drug-likeness (QED) is 0.396. The first kappa shape index (κ1) is 17.6. The van der Waals surface area contributed by atoms with Gasteiger partial charge in [-0.2, -0.15) is 0 Å². The Hall–Kier alpha value is -3.18. The van der Waals surface area contributed by atoms with Crippen LogP contribution in [0.5, 0.6) is 11.5 Å². The SMILES string of the molecule is COCOc1ccc(C(=O)CC(=O)c2ccc3ccccc3c2O)cc1. The van der Waals surface area contributed by atoms with Crippen LogP contribution in [0.1, 0.15) is 27.1 Å². The molecule has 3 rings (SSSR count). The summed E-state index contributed by atoms with van der Waals surface area (Å²) in [4.78, 5) is 24.8. The fourth-order valence-electron chi connectivity index (χ4n) is 2.69. The van der Waals surface area contributed by atoms with Gasteiger partial charge in [0.1, 0.15) is 11.5 Å². The minimum Gasteiger partial charge on any atom is -0.507 e. The molecule has 0 amide bonds. The lowest BCUT2D eigenvalue weighted by Crippen LogP contribution is -2.09. The van der Waals surface area contributed by atoms with Gasteiger partial charge >= 0.3 is 0 Å². The Morgan fingerprint density at radius 1 is 0.923 bits per heavy atom. The fourth-order valence-corrected chi connectivity index (χ4v) is 2.69. The molecular formula is C21H18O5. The predicted molar refractivity (Wildman–Crippen MR) is 97.8 cm³/mol. The van der Waals surface area contributed by atoms with Crippen LogP contribution in [0.3, 0.4) is 0 Å². The Morgan fingerprint density at radius 3 is 2.38 bits per heavy atom. The number of hydrogen-bond donors (Lipinski definition) is 1. The van der Waals surface area contributed by atoms with Gasteiger partial charge < -0.3 is 14.6 Å². The zero-order valence-corrected chi connectivity index (χ0v) is 14.3. The van der Waals surface area contributed by atoms with E-state index in [1.165, 1.54) is 7.11 Å². The summed E-state index contributed by atoms with van der Waals surface area (Å²) < 4.78 is 10.1. The molecule has 0 aromatic heterocycles. The van der Waals surface area contributed by atoms with Crippen LogP contribution < -0.4 is 4.74 Å². The number of phenolic OH excluding ortho intramolecular Hbond substituents is 1. The Morgan fingerprint density at radius 2 is 1.65 bits per heavy atom. The molecule has 0 aliphatic heterocycles. The monoisotopic (exact) mass is 350 g/mol. The van der Waals surface area contributed by atoms with Crippen LogP contribution in [0, 0.1) is 0 Å². The van der Waals surface area contributed by atoms with Crippen LogP contribution in [0.4, 0.5) is 0 Å². The van der Waals surface area contributed by atoms with Crippen LogP contribution in [-0.4, -0.2) is 30.6 Å². The van der Waals surface area contributed by atoms with Crippen molar-refractivity contribution in [2.24, 2.45) is 0 Å². The largest absolute Gasteiger partial charge is 0.507 e. The normalized spacial score (nSPS) is 10.7. The summed E-state index contributed by atoms with van der Waals surface area (Å²) in [5, 5.41) is 11.8. The van der Waals surface area contributed by atoms with Crippen molar-refractivity contribution in [1.29, 1.82) is 0 Å². The third-order valence-electron chi connectivity index (χ3n) is 4.04. The summed E-state index contributed by atoms with van der Waals surface area (Å²) in [5.74, 6) is -0.259. The summed E-state index contributed by atoms with van der Waals surface area (Å²) in [5.41, 5.74) is 0.556. The van der Waals surface area contributed by atoms with Crippen molar-refractivity contribution >= 4 is 22.3 Å². The van der Waals surface area contributed by atoms with Crippen LogP contribution >= 0.6 is 0 Å². The van der Waals surface area contributed by atoms with Gasteiger partial charge in [0, 0.05) is 18.1 Å². The molecule has 0 aliphatic rings. The maximum absolute atomic E-state index is 12.5. The van der Waals surface area contributed by atoms with Crippen molar-refractivity contribution in [3.05, 3.63) is 71.8 Å². The van der Waals surface area contributed by atoms with Gasteiger partial charge in [-0.15, -0.1) is 0 Å². The smallest absolute Gasteiger partial charge is 0.188 e. The van der Waals surface area contributed by atoms with Crippen molar-refractivity contribution in [3.8, 4) is 11.5 Å². The molecule has 0 bridgehead atoms. The molecule has 0 radical (unpaired) electrons. The van der Waals surface area contributed by atoms with E-state index in [9.17, 15) is 14.7 Å². The van der Waals surface area contributed by atoms with Crippen molar-refractivity contribution < 1.29 is 24.2 Å². The molecule has 3 aromatic rings. The number of ketones is 2. The van der Waals surface area contributed by atoms with E-state index in [1.54, 1.807) is 48.5 Å². The van der Waals surface area contributed by atoms with E-state index in [2.05, 4.69) is 0 Å².